The lowest BCUT2D eigenvalue weighted by Gasteiger charge is -2.70. The molecule has 3 saturated heterocycles. The first kappa shape index (κ1) is 33.4. The molecule has 12 heteroatoms. The van der Waals surface area contributed by atoms with Gasteiger partial charge in [-0.25, -0.2) is 9.69 Å². The average molecular weight is 695 g/mol. The Morgan fingerprint density at radius 1 is 1.04 bits per heavy atom. The maximum atomic E-state index is 14.2. The number of fused-ring (bicyclic) bond motifs is 1. The summed E-state index contributed by atoms with van der Waals surface area (Å²) in [7, 11) is 7.24. The van der Waals surface area contributed by atoms with Gasteiger partial charge in [0, 0.05) is 82.3 Å². The van der Waals surface area contributed by atoms with Crippen molar-refractivity contribution in [1.82, 2.24) is 4.90 Å². The number of methoxy groups -OCH3 is 4. The molecule has 2 amide bonds. The number of likely N-dealkylation sites (tertiary alicyclic amines) is 1. The van der Waals surface area contributed by atoms with Crippen molar-refractivity contribution in [3.8, 4) is 0 Å². The predicted octanol–water partition coefficient (Wildman–Crippen LogP) is 3.05. The van der Waals surface area contributed by atoms with E-state index in [1.165, 1.54) is 0 Å². The minimum absolute atomic E-state index is 0.0457. The van der Waals surface area contributed by atoms with Crippen molar-refractivity contribution in [2.75, 3.05) is 59.8 Å². The average Bonchev–Trinajstić information content (AvgIpc) is 3.78. The number of esters is 1. The van der Waals surface area contributed by atoms with E-state index in [1.54, 1.807) is 45.4 Å². The fourth-order valence-electron chi connectivity index (χ4n) is 13.9. The van der Waals surface area contributed by atoms with E-state index in [2.05, 4.69) is 11.8 Å². The molecular formula is C38H50N2O10. The first-order valence-electron chi connectivity index (χ1n) is 18.4. The molecule has 1 aromatic rings. The molecule has 1 aromatic carbocycles. The van der Waals surface area contributed by atoms with Crippen LogP contribution in [-0.2, 0) is 42.7 Å². The Kier molecular flexibility index (Phi) is 7.53. The Hall–Kier alpha value is -2.45. The molecule has 12 nitrogen and oxygen atoms in total. The Bertz CT molecular complexity index is 1610. The predicted molar refractivity (Wildman–Crippen MR) is 177 cm³/mol. The number of ether oxygens (including phenoxy) is 7. The summed E-state index contributed by atoms with van der Waals surface area (Å²) in [5, 5.41) is 0. The highest BCUT2D eigenvalue weighted by atomic mass is 16.7. The molecule has 9 rings (SSSR count). The summed E-state index contributed by atoms with van der Waals surface area (Å²) in [5.74, 6) is -1.22. The zero-order valence-corrected chi connectivity index (χ0v) is 29.9. The molecule has 0 aromatic heterocycles. The first-order valence-corrected chi connectivity index (χ1v) is 18.4. The summed E-state index contributed by atoms with van der Waals surface area (Å²) >= 11 is 0. The topological polar surface area (TPSA) is 122 Å². The van der Waals surface area contributed by atoms with E-state index in [0.29, 0.717) is 13.0 Å². The zero-order chi connectivity index (χ0) is 35.0. The SMILES string of the molecule is CCN1C[C@]2(COC(=O)c3ccccc3N3C(=O)C[C@H](C)C3=O)CCC(OC)C34C1C1(OCO[C@@]15C[C@H](OC)[C@H]1C[C@@H]3[C@@H]5C1OC)[C@@H](OC)[C@@H]42. The molecule has 3 aliphatic heterocycles. The molecule has 8 aliphatic rings. The van der Waals surface area contributed by atoms with Gasteiger partial charge in [0.25, 0.3) is 0 Å². The second-order valence-electron chi connectivity index (χ2n) is 16.3. The second-order valence-corrected chi connectivity index (χ2v) is 16.3. The number of amides is 2. The van der Waals surface area contributed by atoms with E-state index in [1.807, 2.05) is 14.2 Å². The van der Waals surface area contributed by atoms with Crippen LogP contribution >= 0.6 is 0 Å². The van der Waals surface area contributed by atoms with Crippen LogP contribution in [0.1, 0.15) is 56.3 Å². The molecule has 5 aliphatic carbocycles. The number of hydrogen-bond acceptors (Lipinski definition) is 11. The van der Waals surface area contributed by atoms with E-state index < -0.39 is 33.9 Å². The van der Waals surface area contributed by atoms with Crippen LogP contribution in [0.15, 0.2) is 24.3 Å². The van der Waals surface area contributed by atoms with Crippen molar-refractivity contribution in [2.45, 2.75) is 87.6 Å². The van der Waals surface area contributed by atoms with Crippen LogP contribution in [0.5, 0.6) is 0 Å². The van der Waals surface area contributed by atoms with Crippen LogP contribution in [-0.4, -0.2) is 119 Å². The number of likely N-dealkylation sites (N-methyl/N-ethyl adjacent to an activating group) is 1. The number of benzene rings is 1. The first-order chi connectivity index (χ1) is 24.1. The highest BCUT2D eigenvalue weighted by Gasteiger charge is 2.94. The van der Waals surface area contributed by atoms with Gasteiger partial charge >= 0.3 is 5.97 Å². The molecule has 50 heavy (non-hydrogen) atoms. The van der Waals surface area contributed by atoms with Crippen LogP contribution in [0.4, 0.5) is 5.69 Å². The van der Waals surface area contributed by atoms with Gasteiger partial charge in [-0.3, -0.25) is 14.5 Å². The molecule has 3 heterocycles. The molecule has 8 fully saturated rings. The summed E-state index contributed by atoms with van der Waals surface area (Å²) in [4.78, 5) is 43.8. The van der Waals surface area contributed by atoms with Crippen molar-refractivity contribution in [1.29, 1.82) is 0 Å². The van der Waals surface area contributed by atoms with Gasteiger partial charge in [-0.2, -0.15) is 0 Å². The van der Waals surface area contributed by atoms with Gasteiger partial charge in [0.15, 0.2) is 0 Å². The molecular weight excluding hydrogens is 644 g/mol. The second kappa shape index (κ2) is 11.3. The van der Waals surface area contributed by atoms with Gasteiger partial charge in [0.2, 0.25) is 11.8 Å². The van der Waals surface area contributed by atoms with E-state index >= 15 is 0 Å². The van der Waals surface area contributed by atoms with E-state index in [4.69, 9.17) is 33.2 Å². The number of nitrogens with zero attached hydrogens (tertiary/aromatic N) is 2. The van der Waals surface area contributed by atoms with Gasteiger partial charge in [-0.15, -0.1) is 0 Å². The summed E-state index contributed by atoms with van der Waals surface area (Å²) in [6.45, 7) is 5.73. The molecule has 5 saturated carbocycles. The van der Waals surface area contributed by atoms with E-state index in [9.17, 15) is 14.4 Å². The molecule has 3 spiro atoms. The fourth-order valence-corrected chi connectivity index (χ4v) is 13.9. The van der Waals surface area contributed by atoms with Crippen molar-refractivity contribution >= 4 is 23.5 Å². The zero-order valence-electron chi connectivity index (χ0n) is 29.9. The number of para-hydroxylation sites is 1. The number of imide groups is 1. The Balaban J connectivity index is 1.16. The Labute approximate surface area is 293 Å². The van der Waals surface area contributed by atoms with Crippen molar-refractivity contribution in [3.05, 3.63) is 29.8 Å². The monoisotopic (exact) mass is 694 g/mol. The summed E-state index contributed by atoms with van der Waals surface area (Å²) in [6.07, 6.45) is 2.77. The van der Waals surface area contributed by atoms with Crippen LogP contribution in [0.2, 0.25) is 0 Å². The summed E-state index contributed by atoms with van der Waals surface area (Å²) in [6, 6.07) is 6.72. The molecule has 7 bridgehead atoms. The molecule has 5 unspecified atom stereocenters. The van der Waals surface area contributed by atoms with Crippen LogP contribution in [0, 0.1) is 40.4 Å². The van der Waals surface area contributed by atoms with Crippen LogP contribution in [0.3, 0.4) is 0 Å². The maximum absolute atomic E-state index is 14.2. The van der Waals surface area contributed by atoms with E-state index in [-0.39, 0.29) is 97.0 Å². The van der Waals surface area contributed by atoms with Crippen molar-refractivity contribution in [3.63, 3.8) is 0 Å². The largest absolute Gasteiger partial charge is 0.461 e. The number of carbonyl (C=O) groups excluding carboxylic acids is 3. The summed E-state index contributed by atoms with van der Waals surface area (Å²) < 4.78 is 46.5. The highest BCUT2D eigenvalue weighted by molar-refractivity contribution is 6.22. The lowest BCUT2D eigenvalue weighted by Crippen LogP contribution is -2.81. The van der Waals surface area contributed by atoms with Crippen LogP contribution in [0.25, 0.3) is 0 Å². The quantitative estimate of drug-likeness (QED) is 0.280. The molecule has 272 valence electrons. The lowest BCUT2D eigenvalue weighted by atomic mass is 9.42. The van der Waals surface area contributed by atoms with Crippen molar-refractivity contribution < 1.29 is 47.5 Å². The Morgan fingerprint density at radius 3 is 2.52 bits per heavy atom. The smallest absolute Gasteiger partial charge is 0.340 e. The lowest BCUT2D eigenvalue weighted by molar-refractivity contribution is -0.286. The molecule has 0 radical (unpaired) electrons. The minimum Gasteiger partial charge on any atom is -0.461 e. The van der Waals surface area contributed by atoms with Crippen molar-refractivity contribution in [2.24, 2.45) is 40.4 Å². The van der Waals surface area contributed by atoms with Gasteiger partial charge in [0.05, 0.1) is 48.3 Å². The standard InChI is InChI=1S/C38H50N2O10/c1-7-39-17-35(18-48-33(43)21-10-8-9-11-24(21)40-27(41)14-20(2)32(40)42)13-12-26(45-4)37-23-15-22-25(44-3)16-36(28(23)29(22)46-5)38(34(37)39,50-19-49-36)31(47-6)30(35)37/h8-11,20,22-23,25-26,28-31,34H,7,12-19H2,1-6H3/t20-,22+,23+,25-,26?,28+,29?,30+,31-,34?,35-,36+,37?,38?/m0/s1. The maximum Gasteiger partial charge on any atom is 0.340 e. The normalized spacial score (nSPS) is 48.3. The number of carbonyl (C=O) groups is 3. The number of piperidine rings is 1. The van der Waals surface area contributed by atoms with Crippen LogP contribution < -0.4 is 4.90 Å². The van der Waals surface area contributed by atoms with Gasteiger partial charge in [0.1, 0.15) is 18.0 Å². The number of anilines is 1. The minimum atomic E-state index is -0.820. The van der Waals surface area contributed by atoms with Gasteiger partial charge in [-0.05, 0) is 43.9 Å². The third kappa shape index (κ3) is 3.64. The molecule has 14 atom stereocenters. The van der Waals surface area contributed by atoms with E-state index in [0.717, 1.165) is 30.7 Å². The third-order valence-corrected chi connectivity index (χ3v) is 15.1. The highest BCUT2D eigenvalue weighted by Crippen LogP contribution is 2.82. The molecule has 0 N–H and O–H groups in total. The summed E-state index contributed by atoms with van der Waals surface area (Å²) in [5.41, 5.74) is -1.91. The Morgan fingerprint density at radius 2 is 1.84 bits per heavy atom. The number of rotatable bonds is 9. The third-order valence-electron chi connectivity index (χ3n) is 15.1. The number of hydrogen-bond donors (Lipinski definition) is 0. The van der Waals surface area contributed by atoms with Gasteiger partial charge < -0.3 is 33.2 Å². The fraction of sp³-hybridized carbons (Fsp3) is 0.763. The van der Waals surface area contributed by atoms with Gasteiger partial charge in [-0.1, -0.05) is 26.0 Å².